The van der Waals surface area contributed by atoms with Crippen LogP contribution in [0.1, 0.15) is 77.6 Å². The lowest BCUT2D eigenvalue weighted by atomic mass is 9.83. The quantitative estimate of drug-likeness (QED) is 0.510. The number of nitrogens with one attached hydrogen (secondary N) is 1. The van der Waals surface area contributed by atoms with Gasteiger partial charge < -0.3 is 5.32 Å². The van der Waals surface area contributed by atoms with Crippen molar-refractivity contribution in [1.29, 1.82) is 0 Å². The molecule has 1 nitrogen and oxygen atoms in total. The summed E-state index contributed by atoms with van der Waals surface area (Å²) in [7, 11) is 0. The van der Waals surface area contributed by atoms with Crippen LogP contribution in [-0.4, -0.2) is 13.1 Å². The molecule has 0 aromatic rings. The summed E-state index contributed by atoms with van der Waals surface area (Å²) in [5.74, 6) is 1.07. The largest absolute Gasteiger partial charge is 0.317 e. The van der Waals surface area contributed by atoms with E-state index in [1.54, 1.807) is 0 Å². The van der Waals surface area contributed by atoms with Crippen LogP contribution in [0.25, 0.3) is 0 Å². The van der Waals surface area contributed by atoms with Crippen LogP contribution in [-0.2, 0) is 0 Å². The van der Waals surface area contributed by atoms with Crippen LogP contribution in [0.3, 0.4) is 0 Å². The molecule has 0 heterocycles. The van der Waals surface area contributed by atoms with Crippen LogP contribution < -0.4 is 5.32 Å². The second-order valence-electron chi connectivity index (χ2n) is 5.46. The maximum atomic E-state index is 3.59. The number of unbranched alkanes of at least 4 members (excludes halogenated alkanes) is 6. The Labute approximate surface area is 102 Å². The lowest BCUT2D eigenvalue weighted by molar-refractivity contribution is 0.292. The average Bonchev–Trinajstić information content (AvgIpc) is 2.23. The number of hydrogen-bond acceptors (Lipinski definition) is 1. The van der Waals surface area contributed by atoms with E-state index in [0.29, 0.717) is 0 Å². The molecular weight excluding hydrogens is 194 g/mol. The van der Waals surface area contributed by atoms with Crippen LogP contribution in [0.5, 0.6) is 0 Å². The summed E-state index contributed by atoms with van der Waals surface area (Å²) in [5.41, 5.74) is 0. The highest BCUT2D eigenvalue weighted by Gasteiger charge is 2.15. The Hall–Kier alpha value is -0.0400. The Morgan fingerprint density at radius 2 is 1.56 bits per heavy atom. The maximum absolute atomic E-state index is 3.59. The van der Waals surface area contributed by atoms with Gasteiger partial charge in [-0.2, -0.15) is 0 Å². The molecule has 0 saturated heterocycles. The van der Waals surface area contributed by atoms with Gasteiger partial charge in [-0.1, -0.05) is 64.7 Å². The monoisotopic (exact) mass is 225 g/mol. The van der Waals surface area contributed by atoms with Gasteiger partial charge in [-0.25, -0.2) is 0 Å². The minimum absolute atomic E-state index is 1.07. The molecule has 0 bridgehead atoms. The van der Waals surface area contributed by atoms with Crippen LogP contribution in [0, 0.1) is 5.92 Å². The maximum Gasteiger partial charge on any atom is -0.00463 e. The van der Waals surface area contributed by atoms with Gasteiger partial charge in [0.15, 0.2) is 0 Å². The van der Waals surface area contributed by atoms with Crippen LogP contribution in [0.4, 0.5) is 0 Å². The van der Waals surface area contributed by atoms with E-state index < -0.39 is 0 Å². The normalized spacial score (nSPS) is 16.3. The fourth-order valence-corrected chi connectivity index (χ4v) is 2.42. The van der Waals surface area contributed by atoms with Gasteiger partial charge in [0, 0.05) is 0 Å². The summed E-state index contributed by atoms with van der Waals surface area (Å²) < 4.78 is 0. The zero-order chi connectivity index (χ0) is 11.5. The van der Waals surface area contributed by atoms with Crippen LogP contribution >= 0.6 is 0 Å². The minimum Gasteiger partial charge on any atom is -0.317 e. The first kappa shape index (κ1) is 14.0. The molecule has 1 heteroatoms. The second kappa shape index (κ2) is 10.1. The first-order chi connectivity index (χ1) is 7.93. The van der Waals surface area contributed by atoms with Gasteiger partial charge in [0.1, 0.15) is 0 Å². The van der Waals surface area contributed by atoms with Crippen molar-refractivity contribution in [2.24, 2.45) is 5.92 Å². The summed E-state index contributed by atoms with van der Waals surface area (Å²) in [4.78, 5) is 0. The van der Waals surface area contributed by atoms with Gasteiger partial charge in [-0.05, 0) is 31.8 Å². The lowest BCUT2D eigenvalue weighted by Gasteiger charge is -2.25. The van der Waals surface area contributed by atoms with Crippen molar-refractivity contribution in [3.05, 3.63) is 0 Å². The molecule has 1 saturated carbocycles. The lowest BCUT2D eigenvalue weighted by Crippen LogP contribution is -2.22. The van der Waals surface area contributed by atoms with Crippen LogP contribution in [0.15, 0.2) is 0 Å². The first-order valence-electron chi connectivity index (χ1n) is 7.64. The second-order valence-corrected chi connectivity index (χ2v) is 5.46. The Bertz CT molecular complexity index is 140. The molecule has 0 amide bonds. The molecule has 1 aliphatic rings. The van der Waals surface area contributed by atoms with Gasteiger partial charge in [-0.3, -0.25) is 0 Å². The molecule has 0 aromatic heterocycles. The van der Waals surface area contributed by atoms with Crippen molar-refractivity contribution in [3.63, 3.8) is 0 Å². The molecule has 0 aliphatic heterocycles. The van der Waals surface area contributed by atoms with Gasteiger partial charge >= 0.3 is 0 Å². The van der Waals surface area contributed by atoms with E-state index in [1.165, 1.54) is 83.7 Å². The fraction of sp³-hybridized carbons (Fsp3) is 1.00. The minimum atomic E-state index is 1.07. The van der Waals surface area contributed by atoms with E-state index in [2.05, 4.69) is 12.2 Å². The van der Waals surface area contributed by atoms with Crippen molar-refractivity contribution in [2.75, 3.05) is 13.1 Å². The van der Waals surface area contributed by atoms with Crippen LogP contribution in [0.2, 0.25) is 0 Å². The van der Waals surface area contributed by atoms with E-state index in [1.807, 2.05) is 0 Å². The number of hydrogen-bond donors (Lipinski definition) is 1. The average molecular weight is 225 g/mol. The van der Waals surface area contributed by atoms with E-state index in [-0.39, 0.29) is 0 Å². The molecule has 1 N–H and O–H groups in total. The van der Waals surface area contributed by atoms with E-state index >= 15 is 0 Å². The predicted molar refractivity (Wildman–Crippen MR) is 72.8 cm³/mol. The molecule has 1 rings (SSSR count). The molecule has 1 fully saturated rings. The van der Waals surface area contributed by atoms with Crippen molar-refractivity contribution in [1.82, 2.24) is 5.32 Å². The Balaban J connectivity index is 1.65. The molecule has 1 aliphatic carbocycles. The zero-order valence-electron chi connectivity index (χ0n) is 11.3. The summed E-state index contributed by atoms with van der Waals surface area (Å²) in [6.07, 6.45) is 15.9. The van der Waals surface area contributed by atoms with Gasteiger partial charge in [0.25, 0.3) is 0 Å². The van der Waals surface area contributed by atoms with Gasteiger partial charge in [-0.15, -0.1) is 0 Å². The standard InChI is InChI=1S/C15H31N/c1-2-3-4-5-6-7-8-13-16-14-12-15-10-9-11-15/h15-16H,2-14H2,1H3. The highest BCUT2D eigenvalue weighted by Crippen LogP contribution is 2.28. The highest BCUT2D eigenvalue weighted by molar-refractivity contribution is 4.70. The summed E-state index contributed by atoms with van der Waals surface area (Å²) >= 11 is 0. The summed E-state index contributed by atoms with van der Waals surface area (Å²) in [6.45, 7) is 4.80. The van der Waals surface area contributed by atoms with Crippen molar-refractivity contribution < 1.29 is 0 Å². The highest BCUT2D eigenvalue weighted by atomic mass is 14.8. The van der Waals surface area contributed by atoms with Gasteiger partial charge in [0.05, 0.1) is 0 Å². The van der Waals surface area contributed by atoms with E-state index in [4.69, 9.17) is 0 Å². The third-order valence-corrected chi connectivity index (χ3v) is 3.91. The Kier molecular flexibility index (Phi) is 8.88. The molecular formula is C15H31N. The van der Waals surface area contributed by atoms with E-state index in [0.717, 1.165) is 5.92 Å². The Morgan fingerprint density at radius 1 is 0.875 bits per heavy atom. The zero-order valence-corrected chi connectivity index (χ0v) is 11.3. The SMILES string of the molecule is CCCCCCCCCNCCC1CCC1. The van der Waals surface area contributed by atoms with Crippen molar-refractivity contribution >= 4 is 0 Å². The Morgan fingerprint density at radius 3 is 2.19 bits per heavy atom. The molecule has 0 atom stereocenters. The molecule has 96 valence electrons. The third kappa shape index (κ3) is 7.27. The predicted octanol–water partition coefficient (Wildman–Crippen LogP) is 4.52. The molecule has 0 unspecified atom stereocenters. The third-order valence-electron chi connectivity index (χ3n) is 3.91. The summed E-state index contributed by atoms with van der Waals surface area (Å²) in [5, 5.41) is 3.59. The van der Waals surface area contributed by atoms with Crippen molar-refractivity contribution in [2.45, 2.75) is 77.6 Å². The smallest absolute Gasteiger partial charge is 0.00463 e. The van der Waals surface area contributed by atoms with E-state index in [9.17, 15) is 0 Å². The fourth-order valence-electron chi connectivity index (χ4n) is 2.42. The molecule has 16 heavy (non-hydrogen) atoms. The van der Waals surface area contributed by atoms with Gasteiger partial charge in [0.2, 0.25) is 0 Å². The topological polar surface area (TPSA) is 12.0 Å². The first-order valence-corrected chi connectivity index (χ1v) is 7.64. The molecule has 0 spiro atoms. The van der Waals surface area contributed by atoms with Crippen molar-refractivity contribution in [3.8, 4) is 0 Å². The number of rotatable bonds is 11. The summed E-state index contributed by atoms with van der Waals surface area (Å²) in [6, 6.07) is 0. The molecule has 0 aromatic carbocycles. The molecule has 0 radical (unpaired) electrons.